The number of rotatable bonds is 7. The Kier molecular flexibility index (Phi) is 5.81. The molecule has 0 saturated heterocycles. The number of aromatic nitrogens is 2. The van der Waals surface area contributed by atoms with Crippen molar-refractivity contribution in [2.75, 3.05) is 13.2 Å². The van der Waals surface area contributed by atoms with E-state index < -0.39 is 6.61 Å². The number of nitrogens with one attached hydrogen (secondary N) is 1. The topological polar surface area (TPSA) is 98.4 Å². The third kappa shape index (κ3) is 4.52. The zero-order valence-corrected chi connectivity index (χ0v) is 16.0. The van der Waals surface area contributed by atoms with E-state index in [9.17, 15) is 13.6 Å². The number of nitrogens with zero attached hydrogens (tertiary/aromatic N) is 3. The van der Waals surface area contributed by atoms with Gasteiger partial charge in [-0.05, 0) is 43.0 Å². The highest BCUT2D eigenvalue weighted by atomic mass is 19.3. The molecule has 1 amide bonds. The molecule has 0 bridgehead atoms. The van der Waals surface area contributed by atoms with E-state index in [0.717, 1.165) is 11.3 Å². The molecule has 1 aromatic heterocycles. The summed E-state index contributed by atoms with van der Waals surface area (Å²) in [6.45, 7) is -2.01. The molecule has 4 rings (SSSR count). The van der Waals surface area contributed by atoms with Gasteiger partial charge in [-0.2, -0.15) is 19.1 Å². The number of benzene rings is 1. The summed E-state index contributed by atoms with van der Waals surface area (Å²) < 4.78 is 41.2. The summed E-state index contributed by atoms with van der Waals surface area (Å²) in [6, 6.07) is 8.65. The number of alkyl halides is 2. The first-order valence-corrected chi connectivity index (χ1v) is 9.63. The van der Waals surface area contributed by atoms with Crippen LogP contribution < -0.4 is 14.8 Å². The predicted molar refractivity (Wildman–Crippen MR) is 99.4 cm³/mol. The smallest absolute Gasteiger partial charge is 0.345 e. The van der Waals surface area contributed by atoms with E-state index in [1.54, 1.807) is 28.9 Å². The summed E-state index contributed by atoms with van der Waals surface area (Å²) >= 11 is 0. The van der Waals surface area contributed by atoms with Gasteiger partial charge in [0.15, 0.2) is 5.69 Å². The van der Waals surface area contributed by atoms with Gasteiger partial charge in [0.2, 0.25) is 5.88 Å². The molecule has 2 aromatic rings. The van der Waals surface area contributed by atoms with Gasteiger partial charge >= 0.3 is 6.61 Å². The van der Waals surface area contributed by atoms with Gasteiger partial charge in [-0.3, -0.25) is 4.79 Å². The highest BCUT2D eigenvalue weighted by Crippen LogP contribution is 2.27. The Morgan fingerprint density at radius 2 is 2.30 bits per heavy atom. The standard InChI is InChI=1S/C20H20F2N4O4/c21-20(22)28-5-1-2-15-10-26-18(30-15)8-16(25-26)19(27)24-14-7-13-6-12(9-23)3-4-17(13)29-11-14/h3-4,6,8,14-15,20H,1-2,5,7,10-11H2,(H,24,27)/t14-,15?/m1/s1. The summed E-state index contributed by atoms with van der Waals surface area (Å²) in [7, 11) is 0. The second-order valence-corrected chi connectivity index (χ2v) is 7.18. The fourth-order valence-electron chi connectivity index (χ4n) is 3.59. The molecule has 0 fully saturated rings. The second-order valence-electron chi connectivity index (χ2n) is 7.18. The molecule has 0 radical (unpaired) electrons. The maximum atomic E-state index is 12.6. The van der Waals surface area contributed by atoms with Gasteiger partial charge in [-0.15, -0.1) is 0 Å². The van der Waals surface area contributed by atoms with Crippen molar-refractivity contribution in [3.63, 3.8) is 0 Å². The molecule has 10 heteroatoms. The molecular formula is C20H20F2N4O4. The third-order valence-corrected chi connectivity index (χ3v) is 4.99. The molecule has 2 aliphatic heterocycles. The molecule has 3 heterocycles. The van der Waals surface area contributed by atoms with Crippen LogP contribution in [-0.2, 0) is 17.7 Å². The van der Waals surface area contributed by atoms with Gasteiger partial charge in [0.25, 0.3) is 5.91 Å². The van der Waals surface area contributed by atoms with Crippen molar-refractivity contribution in [3.8, 4) is 17.7 Å². The van der Waals surface area contributed by atoms with Crippen LogP contribution in [0.3, 0.4) is 0 Å². The molecule has 0 saturated carbocycles. The van der Waals surface area contributed by atoms with Crippen LogP contribution in [0.1, 0.15) is 34.5 Å². The quantitative estimate of drug-likeness (QED) is 0.693. The van der Waals surface area contributed by atoms with Gasteiger partial charge in [0.05, 0.1) is 30.8 Å². The van der Waals surface area contributed by atoms with Crippen molar-refractivity contribution in [2.45, 2.75) is 44.6 Å². The molecule has 1 N–H and O–H groups in total. The van der Waals surface area contributed by atoms with Gasteiger partial charge in [-0.25, -0.2) is 4.68 Å². The molecule has 2 aliphatic rings. The van der Waals surface area contributed by atoms with Crippen molar-refractivity contribution < 1.29 is 27.8 Å². The summed E-state index contributed by atoms with van der Waals surface area (Å²) in [5.41, 5.74) is 1.66. The summed E-state index contributed by atoms with van der Waals surface area (Å²) in [5.74, 6) is 0.860. The van der Waals surface area contributed by atoms with Gasteiger partial charge in [0.1, 0.15) is 18.5 Å². The average molecular weight is 418 g/mol. The first kappa shape index (κ1) is 20.1. The summed E-state index contributed by atoms with van der Waals surface area (Å²) in [5, 5.41) is 16.2. The SMILES string of the molecule is N#Cc1ccc2c(c1)C[C@@H](NC(=O)c1cc3n(n1)CC(CCCOC(F)F)O3)CO2. The molecule has 1 aromatic carbocycles. The Labute approximate surface area is 171 Å². The van der Waals surface area contributed by atoms with Crippen LogP contribution in [0, 0.1) is 11.3 Å². The number of carbonyl (C=O) groups excluding carboxylic acids is 1. The van der Waals surface area contributed by atoms with Crippen molar-refractivity contribution in [1.29, 1.82) is 5.26 Å². The molecular weight excluding hydrogens is 398 g/mol. The first-order valence-electron chi connectivity index (χ1n) is 9.63. The third-order valence-electron chi connectivity index (χ3n) is 4.99. The number of amides is 1. The minimum atomic E-state index is -2.76. The number of nitriles is 1. The van der Waals surface area contributed by atoms with E-state index in [0.29, 0.717) is 43.9 Å². The largest absolute Gasteiger partial charge is 0.491 e. The molecule has 1 unspecified atom stereocenters. The first-order chi connectivity index (χ1) is 14.5. The maximum Gasteiger partial charge on any atom is 0.345 e. The number of ether oxygens (including phenoxy) is 3. The van der Waals surface area contributed by atoms with Crippen LogP contribution >= 0.6 is 0 Å². The highest BCUT2D eigenvalue weighted by molar-refractivity contribution is 5.92. The monoisotopic (exact) mass is 418 g/mol. The van der Waals surface area contributed by atoms with Gasteiger partial charge in [0, 0.05) is 6.07 Å². The maximum absolute atomic E-state index is 12.6. The Morgan fingerprint density at radius 3 is 3.07 bits per heavy atom. The fourth-order valence-corrected chi connectivity index (χ4v) is 3.59. The Bertz CT molecular complexity index is 949. The number of hydrogen-bond acceptors (Lipinski definition) is 6. The Morgan fingerprint density at radius 1 is 1.43 bits per heavy atom. The van der Waals surface area contributed by atoms with Crippen molar-refractivity contribution >= 4 is 5.91 Å². The van der Waals surface area contributed by atoms with E-state index in [2.05, 4.69) is 21.2 Å². The van der Waals surface area contributed by atoms with Crippen LogP contribution in [0.5, 0.6) is 11.6 Å². The predicted octanol–water partition coefficient (Wildman–Crippen LogP) is 2.27. The van der Waals surface area contributed by atoms with Crippen molar-refractivity contribution in [2.24, 2.45) is 0 Å². The summed E-state index contributed by atoms with van der Waals surface area (Å²) in [6.07, 6.45) is 1.39. The molecule has 158 valence electrons. The zero-order chi connectivity index (χ0) is 21.1. The van der Waals surface area contributed by atoms with Crippen LogP contribution in [0.25, 0.3) is 0 Å². The van der Waals surface area contributed by atoms with Crippen molar-refractivity contribution in [1.82, 2.24) is 15.1 Å². The number of carbonyl (C=O) groups is 1. The molecule has 8 nitrogen and oxygen atoms in total. The molecule has 30 heavy (non-hydrogen) atoms. The van der Waals surface area contributed by atoms with Crippen LogP contribution in [0.4, 0.5) is 8.78 Å². The Balaban J connectivity index is 1.29. The van der Waals surface area contributed by atoms with Crippen molar-refractivity contribution in [3.05, 3.63) is 41.1 Å². The van der Waals surface area contributed by atoms with E-state index in [1.807, 2.05) is 0 Å². The summed E-state index contributed by atoms with van der Waals surface area (Å²) in [4.78, 5) is 12.6. The molecule has 0 aliphatic carbocycles. The number of halogens is 2. The normalized spacial score (nSPS) is 19.4. The molecule has 2 atom stereocenters. The lowest BCUT2D eigenvalue weighted by atomic mass is 10.0. The highest BCUT2D eigenvalue weighted by Gasteiger charge is 2.28. The Hall–Kier alpha value is -3.19. The van der Waals surface area contributed by atoms with Crippen LogP contribution in [0.15, 0.2) is 24.3 Å². The second kappa shape index (κ2) is 8.67. The van der Waals surface area contributed by atoms with E-state index in [4.69, 9.17) is 14.7 Å². The zero-order valence-electron chi connectivity index (χ0n) is 16.0. The average Bonchev–Trinajstić information content (AvgIpc) is 3.29. The van der Waals surface area contributed by atoms with E-state index in [1.165, 1.54) is 0 Å². The van der Waals surface area contributed by atoms with E-state index in [-0.39, 0.29) is 30.4 Å². The van der Waals surface area contributed by atoms with E-state index >= 15 is 0 Å². The number of fused-ring (bicyclic) bond motifs is 2. The minimum Gasteiger partial charge on any atom is -0.491 e. The fraction of sp³-hybridized carbons (Fsp3) is 0.450. The lowest BCUT2D eigenvalue weighted by Gasteiger charge is -2.26. The van der Waals surface area contributed by atoms with Gasteiger partial charge in [-0.1, -0.05) is 0 Å². The van der Waals surface area contributed by atoms with Crippen LogP contribution in [-0.4, -0.2) is 47.7 Å². The minimum absolute atomic E-state index is 0.0318. The van der Waals surface area contributed by atoms with Crippen LogP contribution in [0.2, 0.25) is 0 Å². The number of hydrogen-bond donors (Lipinski definition) is 1. The molecule has 0 spiro atoms. The lowest BCUT2D eigenvalue weighted by Crippen LogP contribution is -2.43. The van der Waals surface area contributed by atoms with Gasteiger partial charge < -0.3 is 19.5 Å². The lowest BCUT2D eigenvalue weighted by molar-refractivity contribution is -0.130.